The average molecular weight is 280 g/mol. The van der Waals surface area contributed by atoms with E-state index in [1.165, 1.54) is 20.8 Å². The van der Waals surface area contributed by atoms with Crippen molar-refractivity contribution in [3.05, 3.63) is 12.2 Å². The first kappa shape index (κ1) is 17.1. The van der Waals surface area contributed by atoms with Crippen molar-refractivity contribution in [3.63, 3.8) is 0 Å². The molecule has 3 unspecified atom stereocenters. The lowest BCUT2D eigenvalue weighted by molar-refractivity contribution is -0.177. The third-order valence-corrected chi connectivity index (χ3v) is 3.74. The molecule has 0 aliphatic carbocycles. The van der Waals surface area contributed by atoms with Crippen LogP contribution < -0.4 is 0 Å². The molecule has 0 aliphatic heterocycles. The molecule has 106 valence electrons. The molecule has 0 saturated carbocycles. The summed E-state index contributed by atoms with van der Waals surface area (Å²) in [6, 6.07) is 0. The fourth-order valence-corrected chi connectivity index (χ4v) is 1.64. The van der Waals surface area contributed by atoms with E-state index in [1.807, 2.05) is 0 Å². The third-order valence-electron chi connectivity index (χ3n) is 2.39. The van der Waals surface area contributed by atoms with Gasteiger partial charge in [-0.1, -0.05) is 19.1 Å². The monoisotopic (exact) mass is 280 g/mol. The topological polar surface area (TPSA) is 89.9 Å². The molecule has 0 aromatic heterocycles. The number of ether oxygens (including phenoxy) is 2. The molecule has 0 fully saturated rings. The van der Waals surface area contributed by atoms with Crippen LogP contribution in [0.25, 0.3) is 0 Å². The van der Waals surface area contributed by atoms with Crippen molar-refractivity contribution >= 4 is 16.1 Å². The highest BCUT2D eigenvalue weighted by Gasteiger charge is 2.31. The molecule has 0 radical (unpaired) electrons. The first-order valence-electron chi connectivity index (χ1n) is 5.48. The van der Waals surface area contributed by atoms with Gasteiger partial charge in [0.1, 0.15) is 0 Å². The number of carbonyl (C=O) groups excluding carboxylic acids is 1. The van der Waals surface area contributed by atoms with E-state index in [-0.39, 0.29) is 6.61 Å². The minimum absolute atomic E-state index is 0.247. The van der Waals surface area contributed by atoms with Crippen LogP contribution in [0.2, 0.25) is 0 Å². The van der Waals surface area contributed by atoms with Crippen LogP contribution in [0.1, 0.15) is 27.7 Å². The molecule has 0 amide bonds. The Morgan fingerprint density at radius 1 is 1.33 bits per heavy atom. The summed E-state index contributed by atoms with van der Waals surface area (Å²) in [7, 11) is -4.26. The molecule has 0 saturated heterocycles. The van der Waals surface area contributed by atoms with Crippen molar-refractivity contribution < 1.29 is 27.2 Å². The molecule has 0 aromatic carbocycles. The zero-order valence-electron chi connectivity index (χ0n) is 11.0. The Hall–Kier alpha value is -0.920. The second-order valence-corrected chi connectivity index (χ2v) is 6.05. The Morgan fingerprint density at radius 2 is 1.83 bits per heavy atom. The SMILES string of the molecule is C=C(C)COC(C)OC(=O)C(C)C(C)S(=O)(=O)O. The van der Waals surface area contributed by atoms with Crippen LogP contribution in [-0.2, 0) is 24.4 Å². The van der Waals surface area contributed by atoms with Crippen molar-refractivity contribution in [2.24, 2.45) is 5.92 Å². The van der Waals surface area contributed by atoms with Gasteiger partial charge in [0.2, 0.25) is 0 Å². The maximum atomic E-state index is 11.6. The van der Waals surface area contributed by atoms with Crippen LogP contribution in [-0.4, -0.2) is 37.1 Å². The first-order valence-corrected chi connectivity index (χ1v) is 6.98. The molecular formula is C11H20O6S. The Balaban J connectivity index is 4.36. The molecule has 0 aliphatic rings. The van der Waals surface area contributed by atoms with Crippen LogP contribution in [0.5, 0.6) is 0 Å². The van der Waals surface area contributed by atoms with E-state index in [0.29, 0.717) is 0 Å². The van der Waals surface area contributed by atoms with Gasteiger partial charge >= 0.3 is 5.97 Å². The van der Waals surface area contributed by atoms with Gasteiger partial charge in [-0.2, -0.15) is 8.42 Å². The van der Waals surface area contributed by atoms with E-state index >= 15 is 0 Å². The normalized spacial score (nSPS) is 16.7. The van der Waals surface area contributed by atoms with Crippen molar-refractivity contribution in [2.45, 2.75) is 39.2 Å². The number of esters is 1. The highest BCUT2D eigenvalue weighted by molar-refractivity contribution is 7.86. The Bertz CT molecular complexity index is 400. The molecule has 1 N–H and O–H groups in total. The minimum atomic E-state index is -4.26. The Morgan fingerprint density at radius 3 is 2.22 bits per heavy atom. The van der Waals surface area contributed by atoms with E-state index in [9.17, 15) is 13.2 Å². The molecule has 3 atom stereocenters. The summed E-state index contributed by atoms with van der Waals surface area (Å²) in [6.07, 6.45) is -0.801. The van der Waals surface area contributed by atoms with Gasteiger partial charge in [-0.05, 0) is 20.8 Å². The van der Waals surface area contributed by atoms with Gasteiger partial charge < -0.3 is 9.47 Å². The highest BCUT2D eigenvalue weighted by Crippen LogP contribution is 2.14. The molecule has 0 spiro atoms. The third kappa shape index (κ3) is 6.13. The molecule has 6 nitrogen and oxygen atoms in total. The van der Waals surface area contributed by atoms with Crippen LogP contribution >= 0.6 is 0 Å². The van der Waals surface area contributed by atoms with Gasteiger partial charge in [0, 0.05) is 0 Å². The zero-order valence-corrected chi connectivity index (χ0v) is 11.9. The van der Waals surface area contributed by atoms with E-state index in [4.69, 9.17) is 14.0 Å². The van der Waals surface area contributed by atoms with Crippen molar-refractivity contribution in [1.29, 1.82) is 0 Å². The fourth-order valence-electron chi connectivity index (χ4n) is 1.01. The second-order valence-electron chi connectivity index (χ2n) is 4.28. The van der Waals surface area contributed by atoms with E-state index in [2.05, 4.69) is 6.58 Å². The smallest absolute Gasteiger partial charge is 0.312 e. The largest absolute Gasteiger partial charge is 0.436 e. The van der Waals surface area contributed by atoms with Crippen LogP contribution in [0, 0.1) is 5.92 Å². The fraction of sp³-hybridized carbons (Fsp3) is 0.727. The first-order chi connectivity index (χ1) is 8.05. The minimum Gasteiger partial charge on any atom is -0.436 e. The Kier molecular flexibility index (Phi) is 6.51. The number of carbonyl (C=O) groups is 1. The summed E-state index contributed by atoms with van der Waals surface area (Å²) >= 11 is 0. The van der Waals surface area contributed by atoms with Crippen LogP contribution in [0.15, 0.2) is 12.2 Å². The molecule has 0 heterocycles. The summed E-state index contributed by atoms with van der Waals surface area (Å²) in [6.45, 7) is 9.76. The van der Waals surface area contributed by atoms with Gasteiger partial charge in [0.05, 0.1) is 17.8 Å². The number of rotatable bonds is 7. The van der Waals surface area contributed by atoms with E-state index in [0.717, 1.165) is 5.57 Å². The van der Waals surface area contributed by atoms with Crippen LogP contribution in [0.3, 0.4) is 0 Å². The number of hydrogen-bond acceptors (Lipinski definition) is 5. The lowest BCUT2D eigenvalue weighted by Crippen LogP contribution is -2.33. The predicted molar refractivity (Wildman–Crippen MR) is 66.5 cm³/mol. The van der Waals surface area contributed by atoms with Crippen LogP contribution in [0.4, 0.5) is 0 Å². The predicted octanol–water partition coefficient (Wildman–Crippen LogP) is 1.38. The zero-order chi connectivity index (χ0) is 14.5. The molecule has 7 heteroatoms. The second kappa shape index (κ2) is 6.86. The highest BCUT2D eigenvalue weighted by atomic mass is 32.2. The average Bonchev–Trinajstić information content (AvgIpc) is 2.22. The molecule has 0 aromatic rings. The van der Waals surface area contributed by atoms with Gasteiger partial charge in [-0.3, -0.25) is 9.35 Å². The van der Waals surface area contributed by atoms with Gasteiger partial charge in [0.25, 0.3) is 10.1 Å². The summed E-state index contributed by atoms with van der Waals surface area (Å²) in [5.41, 5.74) is 0.775. The summed E-state index contributed by atoms with van der Waals surface area (Å²) in [5, 5.41) is -1.22. The lowest BCUT2D eigenvalue weighted by Gasteiger charge is -2.19. The molecule has 0 bridgehead atoms. The molecular weight excluding hydrogens is 260 g/mol. The van der Waals surface area contributed by atoms with Crippen molar-refractivity contribution in [3.8, 4) is 0 Å². The summed E-state index contributed by atoms with van der Waals surface area (Å²) < 4.78 is 40.6. The maximum Gasteiger partial charge on any atom is 0.312 e. The number of hydrogen-bond donors (Lipinski definition) is 1. The van der Waals surface area contributed by atoms with Crippen molar-refractivity contribution in [1.82, 2.24) is 0 Å². The standard InChI is InChI=1S/C11H20O6S/c1-7(2)6-16-10(5)17-11(12)8(3)9(4)18(13,14)15/h8-10H,1,6H2,2-5H3,(H,13,14,15). The maximum absolute atomic E-state index is 11.6. The lowest BCUT2D eigenvalue weighted by atomic mass is 10.1. The molecule has 18 heavy (non-hydrogen) atoms. The van der Waals surface area contributed by atoms with Gasteiger partial charge in [0.15, 0.2) is 6.29 Å². The Labute approximate surface area is 108 Å². The van der Waals surface area contributed by atoms with Crippen molar-refractivity contribution in [2.75, 3.05) is 6.61 Å². The quantitative estimate of drug-likeness (QED) is 0.328. The summed E-state index contributed by atoms with van der Waals surface area (Å²) in [5.74, 6) is -1.72. The van der Waals surface area contributed by atoms with E-state index < -0.39 is 33.5 Å². The summed E-state index contributed by atoms with van der Waals surface area (Å²) in [4.78, 5) is 11.6. The van der Waals surface area contributed by atoms with E-state index in [1.54, 1.807) is 6.92 Å². The molecule has 0 rings (SSSR count). The van der Waals surface area contributed by atoms with Gasteiger partial charge in [-0.25, -0.2) is 0 Å². The van der Waals surface area contributed by atoms with Gasteiger partial charge in [-0.15, -0.1) is 0 Å².